The number of carbonyl (C=O) groups is 1. The van der Waals surface area contributed by atoms with E-state index < -0.39 is 0 Å². The van der Waals surface area contributed by atoms with Crippen LogP contribution < -0.4 is 5.32 Å². The highest BCUT2D eigenvalue weighted by atomic mass is 32.2. The number of nitrogens with one attached hydrogen (secondary N) is 1. The Bertz CT molecular complexity index is 1180. The van der Waals surface area contributed by atoms with Gasteiger partial charge in [0, 0.05) is 17.7 Å². The Morgan fingerprint density at radius 2 is 1.97 bits per heavy atom. The molecule has 1 amide bonds. The van der Waals surface area contributed by atoms with Crippen LogP contribution in [0, 0.1) is 5.82 Å². The summed E-state index contributed by atoms with van der Waals surface area (Å²) in [7, 11) is 0. The van der Waals surface area contributed by atoms with Gasteiger partial charge in [-0.1, -0.05) is 41.8 Å². The number of thioether (sulfide) groups is 2. The summed E-state index contributed by atoms with van der Waals surface area (Å²) in [5.41, 5.74) is 1.67. The number of nitrogens with zero attached hydrogens (tertiary/aromatic N) is 5. The first kappa shape index (κ1) is 24.9. The number of hydrogen-bond acceptors (Lipinski definition) is 8. The van der Waals surface area contributed by atoms with E-state index in [0.29, 0.717) is 27.7 Å². The number of anilines is 1. The molecule has 2 heterocycles. The zero-order valence-corrected chi connectivity index (χ0v) is 20.9. The molecule has 3 rings (SSSR count). The third-order valence-electron chi connectivity index (χ3n) is 4.41. The van der Waals surface area contributed by atoms with Crippen LogP contribution in [-0.4, -0.2) is 42.9 Å². The van der Waals surface area contributed by atoms with Gasteiger partial charge in [0.25, 0.3) is 0 Å². The van der Waals surface area contributed by atoms with Crippen molar-refractivity contribution in [3.63, 3.8) is 0 Å². The molecule has 1 aromatic carbocycles. The van der Waals surface area contributed by atoms with Crippen molar-refractivity contribution < 1.29 is 9.18 Å². The summed E-state index contributed by atoms with van der Waals surface area (Å²) in [6.07, 6.45) is 7.74. The molecule has 0 bridgehead atoms. The van der Waals surface area contributed by atoms with Crippen molar-refractivity contribution in [3.8, 4) is 11.4 Å². The first-order valence-corrected chi connectivity index (χ1v) is 13.0. The fourth-order valence-electron chi connectivity index (χ4n) is 2.71. The van der Waals surface area contributed by atoms with Crippen LogP contribution >= 0.6 is 34.9 Å². The van der Waals surface area contributed by atoms with E-state index in [1.165, 1.54) is 35.2 Å². The molecule has 0 saturated carbocycles. The lowest BCUT2D eigenvalue weighted by atomic mass is 10.2. The van der Waals surface area contributed by atoms with E-state index in [2.05, 4.69) is 32.3 Å². The average molecular weight is 503 g/mol. The summed E-state index contributed by atoms with van der Waals surface area (Å²) in [4.78, 5) is 13.4. The molecule has 0 aliphatic rings. The van der Waals surface area contributed by atoms with Gasteiger partial charge in [-0.3, -0.25) is 10.1 Å². The molecule has 172 valence electrons. The molecule has 2 aromatic heterocycles. The van der Waals surface area contributed by atoms with E-state index in [9.17, 15) is 9.18 Å². The van der Waals surface area contributed by atoms with Gasteiger partial charge in [0.2, 0.25) is 11.0 Å². The van der Waals surface area contributed by atoms with Crippen LogP contribution in [0.4, 0.5) is 9.52 Å². The van der Waals surface area contributed by atoms with E-state index in [1.807, 2.05) is 42.9 Å². The average Bonchev–Trinajstić information content (AvgIpc) is 3.45. The van der Waals surface area contributed by atoms with Gasteiger partial charge in [-0.05, 0) is 55.3 Å². The number of benzene rings is 1. The van der Waals surface area contributed by atoms with Crippen molar-refractivity contribution in [3.05, 3.63) is 64.8 Å². The number of rotatable bonds is 10. The summed E-state index contributed by atoms with van der Waals surface area (Å²) in [6.45, 7) is 8.43. The Hall–Kier alpha value is -2.76. The van der Waals surface area contributed by atoms with Crippen LogP contribution in [0.2, 0.25) is 0 Å². The van der Waals surface area contributed by atoms with Crippen molar-refractivity contribution in [1.82, 2.24) is 25.0 Å². The van der Waals surface area contributed by atoms with Crippen molar-refractivity contribution in [2.24, 2.45) is 0 Å². The van der Waals surface area contributed by atoms with Gasteiger partial charge in [-0.25, -0.2) is 4.39 Å². The van der Waals surface area contributed by atoms with Crippen LogP contribution in [-0.2, 0) is 11.3 Å². The van der Waals surface area contributed by atoms with Crippen LogP contribution in [0.25, 0.3) is 17.0 Å². The van der Waals surface area contributed by atoms with Crippen molar-refractivity contribution in [2.45, 2.75) is 25.5 Å². The summed E-state index contributed by atoms with van der Waals surface area (Å²) in [6, 6.07) is 6.08. The lowest BCUT2D eigenvalue weighted by Crippen LogP contribution is -2.14. The van der Waals surface area contributed by atoms with Crippen molar-refractivity contribution >= 4 is 51.5 Å². The number of halogens is 1. The molecule has 11 heteroatoms. The Labute approximate surface area is 204 Å². The van der Waals surface area contributed by atoms with Gasteiger partial charge < -0.3 is 4.57 Å². The lowest BCUT2D eigenvalue weighted by Gasteiger charge is -2.07. The highest BCUT2D eigenvalue weighted by Crippen LogP contribution is 2.26. The Morgan fingerprint density at radius 1 is 1.21 bits per heavy atom. The molecule has 0 saturated heterocycles. The van der Waals surface area contributed by atoms with E-state index in [0.717, 1.165) is 16.0 Å². The van der Waals surface area contributed by atoms with Crippen LogP contribution in [0.3, 0.4) is 0 Å². The van der Waals surface area contributed by atoms with E-state index in [1.54, 1.807) is 23.9 Å². The molecule has 3 aromatic rings. The molecular weight excluding hydrogens is 479 g/mol. The predicted octanol–water partition coefficient (Wildman–Crippen LogP) is 5.52. The third-order valence-corrected chi connectivity index (χ3v) is 6.92. The highest BCUT2D eigenvalue weighted by Gasteiger charge is 2.16. The van der Waals surface area contributed by atoms with Crippen LogP contribution in [0.5, 0.6) is 0 Å². The second-order valence-corrected chi connectivity index (χ2v) is 9.41. The molecule has 0 radical (unpaired) electrons. The quantitative estimate of drug-likeness (QED) is 0.288. The molecule has 0 spiro atoms. The SMILES string of the molecule is C=C(/C=C\C(=C/C)c1nnc(NC(=O)CSc2nnc(-c3ccc(F)cc3)n2CC)s1)SC. The maximum absolute atomic E-state index is 13.2. The van der Waals surface area contributed by atoms with E-state index in [-0.39, 0.29) is 17.5 Å². The van der Waals surface area contributed by atoms with Crippen LogP contribution in [0.1, 0.15) is 18.9 Å². The minimum Gasteiger partial charge on any atom is -0.302 e. The summed E-state index contributed by atoms with van der Waals surface area (Å²) < 4.78 is 15.1. The molecule has 33 heavy (non-hydrogen) atoms. The minimum atomic E-state index is -0.310. The molecular formula is C22H23FN6OS3. The van der Waals surface area contributed by atoms with Gasteiger partial charge in [-0.2, -0.15) is 0 Å². The van der Waals surface area contributed by atoms with E-state index >= 15 is 0 Å². The molecule has 0 unspecified atom stereocenters. The second-order valence-electron chi connectivity index (χ2n) is 6.55. The van der Waals surface area contributed by atoms with Crippen molar-refractivity contribution in [2.75, 3.05) is 17.3 Å². The van der Waals surface area contributed by atoms with Gasteiger partial charge in [0.15, 0.2) is 11.0 Å². The Balaban J connectivity index is 1.62. The van der Waals surface area contributed by atoms with Gasteiger partial charge in [0.05, 0.1) is 5.75 Å². The number of allylic oxidation sites excluding steroid dienone is 4. The molecule has 0 aliphatic carbocycles. The predicted molar refractivity (Wildman–Crippen MR) is 136 cm³/mol. The first-order valence-electron chi connectivity index (χ1n) is 9.98. The van der Waals surface area contributed by atoms with E-state index in [4.69, 9.17) is 0 Å². The number of carbonyl (C=O) groups excluding carboxylic acids is 1. The topological polar surface area (TPSA) is 85.6 Å². The maximum Gasteiger partial charge on any atom is 0.236 e. The van der Waals surface area contributed by atoms with Crippen LogP contribution in [0.15, 0.2) is 59.1 Å². The largest absolute Gasteiger partial charge is 0.302 e. The molecule has 1 N–H and O–H groups in total. The second kappa shape index (κ2) is 11.9. The summed E-state index contributed by atoms with van der Waals surface area (Å²) in [5.74, 6) is 0.242. The van der Waals surface area contributed by atoms with Gasteiger partial charge in [-0.15, -0.1) is 32.2 Å². The first-order chi connectivity index (χ1) is 15.9. The molecule has 0 fully saturated rings. The summed E-state index contributed by atoms with van der Waals surface area (Å²) >= 11 is 4.14. The molecule has 0 atom stereocenters. The molecule has 7 nitrogen and oxygen atoms in total. The number of aromatic nitrogens is 5. The zero-order chi connectivity index (χ0) is 23.8. The third kappa shape index (κ3) is 6.62. The minimum absolute atomic E-state index is 0.139. The Kier molecular flexibility index (Phi) is 8.98. The molecule has 0 aliphatic heterocycles. The monoisotopic (exact) mass is 502 g/mol. The Morgan fingerprint density at radius 3 is 2.64 bits per heavy atom. The smallest absolute Gasteiger partial charge is 0.236 e. The zero-order valence-electron chi connectivity index (χ0n) is 18.4. The number of amides is 1. The highest BCUT2D eigenvalue weighted by molar-refractivity contribution is 8.02. The van der Waals surface area contributed by atoms with Crippen molar-refractivity contribution in [1.29, 1.82) is 0 Å². The summed E-state index contributed by atoms with van der Waals surface area (Å²) in [5, 5.41) is 21.2. The fourth-order valence-corrected chi connectivity index (χ4v) is 4.53. The maximum atomic E-state index is 13.2. The lowest BCUT2D eigenvalue weighted by molar-refractivity contribution is -0.113. The van der Waals surface area contributed by atoms with Gasteiger partial charge >= 0.3 is 0 Å². The number of hydrogen-bond donors (Lipinski definition) is 1. The fraction of sp³-hybridized carbons (Fsp3) is 0.227. The van der Waals surface area contributed by atoms with Gasteiger partial charge in [0.1, 0.15) is 10.8 Å². The standard InChI is InChI=1S/C22H23FN6OS3/c1-5-15(8-7-14(3)31-4)20-26-27-21(33-20)24-18(30)13-32-22-28-25-19(29(22)6-2)16-9-11-17(23)12-10-16/h5,7-12H,3,6,13H2,1-2,4H3,(H,24,27,30)/b8-7-,15-5+. The normalized spacial score (nSPS) is 11.8.